The predicted octanol–water partition coefficient (Wildman–Crippen LogP) is 2.69. The van der Waals surface area contributed by atoms with E-state index in [-0.39, 0.29) is 41.5 Å². The van der Waals surface area contributed by atoms with Gasteiger partial charge in [0, 0.05) is 2.02 Å². The molecule has 1 atom stereocenters. The molecule has 6 heteroatoms. The van der Waals surface area contributed by atoms with Crippen molar-refractivity contribution in [1.82, 2.24) is 0 Å². The molecule has 1 aliphatic heterocycles. The first-order valence-corrected chi connectivity index (χ1v) is 10.8. The standard InChI is InChI=1S/C9H14I2O3S/c1-9(2,3)8(15(12,13)14)7-4-10-6-11-5-7/h4-6,8H,1-3H3,(H,12,13,14). The van der Waals surface area contributed by atoms with Crippen molar-refractivity contribution < 1.29 is 13.0 Å². The Balaban J connectivity index is 3.20. The Morgan fingerprint density at radius 3 is 2.27 bits per heavy atom. The molecule has 0 amide bonds. The minimum Gasteiger partial charge on any atom is -0.285 e. The average Bonchev–Trinajstić information content (AvgIpc) is 2.00. The zero-order valence-corrected chi connectivity index (χ0v) is 13.9. The van der Waals surface area contributed by atoms with E-state index in [0.717, 1.165) is 5.57 Å². The fourth-order valence-electron chi connectivity index (χ4n) is 1.48. The first-order valence-electron chi connectivity index (χ1n) is 4.28. The highest BCUT2D eigenvalue weighted by molar-refractivity contribution is 14.3. The maximum atomic E-state index is 11.4. The van der Waals surface area contributed by atoms with Gasteiger partial charge in [0.2, 0.25) is 0 Å². The molecule has 1 rings (SSSR count). The number of rotatable bonds is 2. The van der Waals surface area contributed by atoms with Gasteiger partial charge in [0.05, 0.1) is 0 Å². The van der Waals surface area contributed by atoms with Crippen LogP contribution in [0, 0.1) is 5.41 Å². The molecule has 0 fully saturated rings. The van der Waals surface area contributed by atoms with Gasteiger partial charge in [-0.3, -0.25) is 4.55 Å². The SMILES string of the molecule is CC(C)(C)C(C1=CI=CI=C1)S(=O)(=O)O. The Morgan fingerprint density at radius 1 is 1.33 bits per heavy atom. The van der Waals surface area contributed by atoms with E-state index in [1.165, 1.54) is 0 Å². The smallest absolute Gasteiger partial charge is 0.272 e. The Kier molecular flexibility index (Phi) is 4.64. The molecule has 88 valence electrons. The van der Waals surface area contributed by atoms with E-state index in [4.69, 9.17) is 0 Å². The fourth-order valence-corrected chi connectivity index (χ4v) is 9.24. The monoisotopic (exact) mass is 456 g/mol. The Bertz CT molecular complexity index is 427. The van der Waals surface area contributed by atoms with Crippen molar-refractivity contribution in [2.75, 3.05) is 0 Å². The van der Waals surface area contributed by atoms with Gasteiger partial charge in [-0.25, -0.2) is 0 Å². The molecular weight excluding hydrogens is 442 g/mol. The van der Waals surface area contributed by atoms with Crippen LogP contribution in [0.4, 0.5) is 0 Å². The molecule has 0 radical (unpaired) electrons. The lowest BCUT2D eigenvalue weighted by molar-refractivity contribution is 0.379. The summed E-state index contributed by atoms with van der Waals surface area (Å²) < 4.78 is 38.4. The summed E-state index contributed by atoms with van der Waals surface area (Å²) in [5, 5.41) is -0.766. The third-order valence-corrected chi connectivity index (χ3v) is 9.78. The molecule has 0 aromatic rings. The van der Waals surface area contributed by atoms with Gasteiger partial charge >= 0.3 is 0 Å². The number of halogens is 2. The third kappa shape index (κ3) is 3.97. The second-order valence-electron chi connectivity index (χ2n) is 4.31. The zero-order valence-electron chi connectivity index (χ0n) is 8.74. The first kappa shape index (κ1) is 13.9. The molecule has 1 N–H and O–H groups in total. The average molecular weight is 456 g/mol. The van der Waals surface area contributed by atoms with Crippen LogP contribution in [-0.4, -0.2) is 24.3 Å². The van der Waals surface area contributed by atoms with Gasteiger partial charge in [0.15, 0.2) is 0 Å². The van der Waals surface area contributed by atoms with Crippen LogP contribution in [0.15, 0.2) is 9.66 Å². The normalized spacial score (nSPS) is 19.9. The summed E-state index contributed by atoms with van der Waals surface area (Å²) >= 11 is -0.201. The van der Waals surface area contributed by atoms with Crippen LogP contribution >= 0.6 is 41.5 Å². The molecule has 0 aromatic heterocycles. The van der Waals surface area contributed by atoms with E-state index in [9.17, 15) is 13.0 Å². The molecule has 0 saturated carbocycles. The molecule has 1 aliphatic rings. The van der Waals surface area contributed by atoms with Crippen molar-refractivity contribution in [3.63, 3.8) is 0 Å². The van der Waals surface area contributed by atoms with Crippen LogP contribution in [0.1, 0.15) is 20.8 Å². The molecule has 0 saturated heterocycles. The van der Waals surface area contributed by atoms with E-state index >= 15 is 0 Å². The van der Waals surface area contributed by atoms with Crippen LogP contribution in [-0.2, 0) is 10.1 Å². The Hall–Kier alpha value is 0.850. The lowest BCUT2D eigenvalue weighted by atomic mass is 9.88. The van der Waals surface area contributed by atoms with Crippen molar-refractivity contribution in [1.29, 1.82) is 0 Å². The highest BCUT2D eigenvalue weighted by atomic mass is 127. The summed E-state index contributed by atoms with van der Waals surface area (Å²) in [6.07, 6.45) is 0. The largest absolute Gasteiger partial charge is 0.285 e. The zero-order chi connectivity index (χ0) is 11.7. The van der Waals surface area contributed by atoms with Crippen LogP contribution < -0.4 is 0 Å². The van der Waals surface area contributed by atoms with Crippen molar-refractivity contribution in [3.05, 3.63) is 9.66 Å². The maximum Gasteiger partial charge on any atom is 0.272 e. The molecular formula is C9H14I2O3S. The van der Waals surface area contributed by atoms with Gasteiger partial charge in [-0.05, 0) is 19.1 Å². The molecule has 0 aromatic carbocycles. The van der Waals surface area contributed by atoms with Crippen molar-refractivity contribution in [3.8, 4) is 0 Å². The van der Waals surface area contributed by atoms with Gasteiger partial charge in [0.1, 0.15) is 5.25 Å². The second kappa shape index (κ2) is 5.01. The predicted molar refractivity (Wildman–Crippen MR) is 83.0 cm³/mol. The minimum absolute atomic E-state index is 0.101. The van der Waals surface area contributed by atoms with Crippen LogP contribution in [0.3, 0.4) is 0 Å². The molecule has 1 unspecified atom stereocenters. The topological polar surface area (TPSA) is 54.4 Å². The lowest BCUT2D eigenvalue weighted by Crippen LogP contribution is -2.36. The second-order valence-corrected chi connectivity index (χ2v) is 12.1. The van der Waals surface area contributed by atoms with Crippen molar-refractivity contribution in [2.45, 2.75) is 26.0 Å². The molecule has 1 heterocycles. The van der Waals surface area contributed by atoms with E-state index < -0.39 is 20.8 Å². The summed E-state index contributed by atoms with van der Waals surface area (Å²) in [5.74, 6) is 0. The highest BCUT2D eigenvalue weighted by Gasteiger charge is 2.37. The summed E-state index contributed by atoms with van der Waals surface area (Å²) in [5.41, 5.74) is 0.369. The molecule has 15 heavy (non-hydrogen) atoms. The van der Waals surface area contributed by atoms with E-state index in [2.05, 4.69) is 2.02 Å². The van der Waals surface area contributed by atoms with Gasteiger partial charge in [-0.1, -0.05) is 62.2 Å². The summed E-state index contributed by atoms with van der Waals surface area (Å²) in [4.78, 5) is 0. The third-order valence-electron chi connectivity index (χ3n) is 1.86. The fraction of sp³-hybridized carbons (Fsp3) is 0.556. The molecule has 0 spiro atoms. The van der Waals surface area contributed by atoms with Crippen LogP contribution in [0.2, 0.25) is 0 Å². The number of hydrogen-bond donors (Lipinski definition) is 1. The summed E-state index contributed by atoms with van der Waals surface area (Å²) in [6.45, 7) is 5.53. The molecule has 0 aliphatic carbocycles. The highest BCUT2D eigenvalue weighted by Crippen LogP contribution is 2.33. The Labute approximate surface area is 111 Å². The number of hydrogen-bond acceptors (Lipinski definition) is 2. The molecule has 0 bridgehead atoms. The quantitative estimate of drug-likeness (QED) is 0.514. The van der Waals surface area contributed by atoms with Crippen molar-refractivity contribution in [2.24, 2.45) is 5.41 Å². The summed E-state index contributed by atoms with van der Waals surface area (Å²) in [7, 11) is -4.00. The van der Waals surface area contributed by atoms with Gasteiger partial charge in [0.25, 0.3) is 10.1 Å². The van der Waals surface area contributed by atoms with E-state index in [1.807, 2.05) is 28.9 Å². The van der Waals surface area contributed by atoms with Gasteiger partial charge < -0.3 is 0 Å². The van der Waals surface area contributed by atoms with E-state index in [1.54, 1.807) is 0 Å². The van der Waals surface area contributed by atoms with Crippen molar-refractivity contribution >= 4 is 57.6 Å². The molecule has 3 nitrogen and oxygen atoms in total. The lowest BCUT2D eigenvalue weighted by Gasteiger charge is -2.28. The summed E-state index contributed by atoms with van der Waals surface area (Å²) in [6, 6.07) is 0. The van der Waals surface area contributed by atoms with Gasteiger partial charge in [-0.15, -0.1) is 0 Å². The Morgan fingerprint density at radius 2 is 1.93 bits per heavy atom. The van der Waals surface area contributed by atoms with E-state index in [0.29, 0.717) is 0 Å². The van der Waals surface area contributed by atoms with Crippen LogP contribution in [0.5, 0.6) is 0 Å². The first-order chi connectivity index (χ1) is 6.73. The maximum absolute atomic E-state index is 11.4. The minimum atomic E-state index is -4.00. The van der Waals surface area contributed by atoms with Crippen LogP contribution in [0.25, 0.3) is 0 Å². The van der Waals surface area contributed by atoms with Gasteiger partial charge in [-0.2, -0.15) is 8.42 Å².